The zero-order chi connectivity index (χ0) is 12.1. The number of hydrogen-bond acceptors (Lipinski definition) is 4. The van der Waals surface area contributed by atoms with Crippen molar-refractivity contribution in [2.75, 3.05) is 5.73 Å². The van der Waals surface area contributed by atoms with Crippen LogP contribution in [0.15, 0.2) is 49.1 Å². The van der Waals surface area contributed by atoms with Gasteiger partial charge in [0.05, 0.1) is 0 Å². The summed E-state index contributed by atoms with van der Waals surface area (Å²) in [4.78, 5) is 19.5. The van der Waals surface area contributed by atoms with E-state index in [9.17, 15) is 4.79 Å². The van der Waals surface area contributed by atoms with Gasteiger partial charge in [0.25, 0.3) is 0 Å². The molecule has 2 aromatic rings. The van der Waals surface area contributed by atoms with Crippen LogP contribution >= 0.6 is 0 Å². The van der Waals surface area contributed by atoms with Crippen LogP contribution < -0.4 is 5.73 Å². The van der Waals surface area contributed by atoms with Crippen molar-refractivity contribution in [2.45, 2.75) is 0 Å². The highest BCUT2D eigenvalue weighted by Crippen LogP contribution is 2.12. The van der Waals surface area contributed by atoms with Crippen molar-refractivity contribution in [3.8, 4) is 0 Å². The number of ketones is 1. The number of benzene rings is 1. The number of aromatic nitrogens is 2. The minimum atomic E-state index is -0.132. The van der Waals surface area contributed by atoms with E-state index in [0.29, 0.717) is 11.3 Å². The van der Waals surface area contributed by atoms with E-state index in [0.717, 1.165) is 5.56 Å². The normalized spacial score (nSPS) is 10.6. The van der Waals surface area contributed by atoms with E-state index >= 15 is 0 Å². The monoisotopic (exact) mass is 225 g/mol. The molecule has 4 heteroatoms. The summed E-state index contributed by atoms with van der Waals surface area (Å²) in [5, 5.41) is 0. The highest BCUT2D eigenvalue weighted by Gasteiger charge is 2.04. The van der Waals surface area contributed by atoms with Crippen LogP contribution in [0.3, 0.4) is 0 Å². The molecule has 2 N–H and O–H groups in total. The molecule has 4 nitrogen and oxygen atoms in total. The van der Waals surface area contributed by atoms with Crippen molar-refractivity contribution in [3.05, 3.63) is 60.2 Å². The molecular formula is C13H11N3O. The number of nitrogens with zero attached hydrogens (tertiary/aromatic N) is 2. The van der Waals surface area contributed by atoms with Crippen LogP contribution in [0.1, 0.15) is 15.9 Å². The van der Waals surface area contributed by atoms with Crippen molar-refractivity contribution < 1.29 is 4.79 Å². The van der Waals surface area contributed by atoms with E-state index in [2.05, 4.69) is 9.97 Å². The van der Waals surface area contributed by atoms with Gasteiger partial charge < -0.3 is 5.73 Å². The van der Waals surface area contributed by atoms with Gasteiger partial charge in [0, 0.05) is 29.2 Å². The zero-order valence-corrected chi connectivity index (χ0v) is 9.08. The predicted molar refractivity (Wildman–Crippen MR) is 66.3 cm³/mol. The molecule has 0 fully saturated rings. The van der Waals surface area contributed by atoms with Gasteiger partial charge in [0.2, 0.25) is 0 Å². The topological polar surface area (TPSA) is 68.9 Å². The molecule has 0 aliphatic rings. The molecule has 1 aromatic heterocycles. The fourth-order valence-corrected chi connectivity index (χ4v) is 1.38. The Morgan fingerprint density at radius 2 is 1.88 bits per heavy atom. The van der Waals surface area contributed by atoms with Gasteiger partial charge in [0.1, 0.15) is 6.33 Å². The number of rotatable bonds is 3. The molecule has 0 atom stereocenters. The molecule has 0 unspecified atom stereocenters. The van der Waals surface area contributed by atoms with Crippen LogP contribution in [0, 0.1) is 0 Å². The number of anilines is 1. The van der Waals surface area contributed by atoms with E-state index in [1.54, 1.807) is 42.7 Å². The van der Waals surface area contributed by atoms with Crippen LogP contribution in [0.4, 0.5) is 5.69 Å². The molecule has 0 amide bonds. The maximum Gasteiger partial charge on any atom is 0.187 e. The third-order valence-electron chi connectivity index (χ3n) is 2.23. The Hall–Kier alpha value is -2.49. The molecule has 17 heavy (non-hydrogen) atoms. The Labute approximate surface area is 98.8 Å². The summed E-state index contributed by atoms with van der Waals surface area (Å²) in [6.07, 6.45) is 7.82. The van der Waals surface area contributed by atoms with E-state index in [1.807, 2.05) is 0 Å². The number of allylic oxidation sites excluding steroid dienone is 1. The first-order chi connectivity index (χ1) is 8.27. The summed E-state index contributed by atoms with van der Waals surface area (Å²) in [5.41, 5.74) is 7.46. The summed E-state index contributed by atoms with van der Waals surface area (Å²) in [5.74, 6) is -0.132. The molecular weight excluding hydrogens is 214 g/mol. The predicted octanol–water partition coefficient (Wildman–Crippen LogP) is 1.95. The zero-order valence-electron chi connectivity index (χ0n) is 9.08. The quantitative estimate of drug-likeness (QED) is 0.492. The molecule has 1 heterocycles. The van der Waals surface area contributed by atoms with Crippen LogP contribution in [0.2, 0.25) is 0 Å². The van der Waals surface area contributed by atoms with Crippen molar-refractivity contribution in [3.63, 3.8) is 0 Å². The average Bonchev–Trinajstić information content (AvgIpc) is 2.38. The molecule has 1 aromatic carbocycles. The van der Waals surface area contributed by atoms with Crippen molar-refractivity contribution >= 4 is 17.5 Å². The summed E-state index contributed by atoms with van der Waals surface area (Å²) >= 11 is 0. The van der Waals surface area contributed by atoms with Crippen LogP contribution in [0.5, 0.6) is 0 Å². The second kappa shape index (κ2) is 5.03. The molecule has 2 rings (SSSR count). The van der Waals surface area contributed by atoms with Gasteiger partial charge in [-0.1, -0.05) is 12.1 Å². The Balaban J connectivity index is 2.18. The van der Waals surface area contributed by atoms with Gasteiger partial charge in [-0.3, -0.25) is 4.79 Å². The van der Waals surface area contributed by atoms with Crippen molar-refractivity contribution in [1.29, 1.82) is 0 Å². The van der Waals surface area contributed by atoms with Crippen molar-refractivity contribution in [1.82, 2.24) is 9.97 Å². The van der Waals surface area contributed by atoms with Crippen LogP contribution in [-0.4, -0.2) is 15.8 Å². The second-order valence-electron chi connectivity index (χ2n) is 3.46. The molecule has 0 spiro atoms. The Bertz CT molecular complexity index is 550. The molecule has 0 aliphatic heterocycles. The fourth-order valence-electron chi connectivity index (χ4n) is 1.38. The lowest BCUT2D eigenvalue weighted by atomic mass is 10.1. The number of hydrogen-bond donors (Lipinski definition) is 1. The summed E-state index contributed by atoms with van der Waals surface area (Å²) < 4.78 is 0. The Kier molecular flexibility index (Phi) is 3.25. The average molecular weight is 225 g/mol. The lowest BCUT2D eigenvalue weighted by Gasteiger charge is -1.99. The highest BCUT2D eigenvalue weighted by molar-refractivity contribution is 6.09. The number of nitrogen functional groups attached to an aromatic ring is 1. The SMILES string of the molecule is Nc1ccccc1C(=O)/C=C/c1cncnc1. The van der Waals surface area contributed by atoms with Gasteiger partial charge in [0.15, 0.2) is 5.78 Å². The number of carbonyl (C=O) groups is 1. The third kappa shape index (κ3) is 2.75. The molecule has 0 aliphatic carbocycles. The largest absolute Gasteiger partial charge is 0.398 e. The summed E-state index contributed by atoms with van der Waals surface area (Å²) in [6.45, 7) is 0. The van der Waals surface area contributed by atoms with E-state index in [4.69, 9.17) is 5.73 Å². The third-order valence-corrected chi connectivity index (χ3v) is 2.23. The molecule has 0 bridgehead atoms. The number of nitrogens with two attached hydrogens (primary N) is 1. The standard InChI is InChI=1S/C13H11N3O/c14-12-4-2-1-3-11(12)13(17)6-5-10-7-15-9-16-8-10/h1-9H,14H2/b6-5+. The number of para-hydroxylation sites is 1. The van der Waals surface area contributed by atoms with Gasteiger partial charge in [-0.15, -0.1) is 0 Å². The second-order valence-corrected chi connectivity index (χ2v) is 3.46. The smallest absolute Gasteiger partial charge is 0.187 e. The summed E-state index contributed by atoms with van der Waals surface area (Å²) in [7, 11) is 0. The maximum atomic E-state index is 11.8. The molecule has 0 saturated carbocycles. The minimum absolute atomic E-state index is 0.132. The lowest BCUT2D eigenvalue weighted by Crippen LogP contribution is -1.99. The van der Waals surface area contributed by atoms with Gasteiger partial charge in [-0.05, 0) is 24.3 Å². The van der Waals surface area contributed by atoms with E-state index < -0.39 is 0 Å². The Morgan fingerprint density at radius 3 is 2.59 bits per heavy atom. The molecule has 0 saturated heterocycles. The summed E-state index contributed by atoms with van der Waals surface area (Å²) in [6, 6.07) is 6.97. The van der Waals surface area contributed by atoms with Gasteiger partial charge >= 0.3 is 0 Å². The minimum Gasteiger partial charge on any atom is -0.398 e. The van der Waals surface area contributed by atoms with E-state index in [-0.39, 0.29) is 5.78 Å². The fraction of sp³-hybridized carbons (Fsp3) is 0. The van der Waals surface area contributed by atoms with Crippen LogP contribution in [0.25, 0.3) is 6.08 Å². The Morgan fingerprint density at radius 1 is 1.18 bits per heavy atom. The highest BCUT2D eigenvalue weighted by atomic mass is 16.1. The first-order valence-corrected chi connectivity index (χ1v) is 5.09. The first-order valence-electron chi connectivity index (χ1n) is 5.09. The van der Waals surface area contributed by atoms with Gasteiger partial charge in [-0.25, -0.2) is 9.97 Å². The maximum absolute atomic E-state index is 11.8. The lowest BCUT2D eigenvalue weighted by molar-refractivity contribution is 0.104. The van der Waals surface area contributed by atoms with Crippen LogP contribution in [-0.2, 0) is 0 Å². The molecule has 0 radical (unpaired) electrons. The van der Waals surface area contributed by atoms with E-state index in [1.165, 1.54) is 12.4 Å². The molecule has 84 valence electrons. The van der Waals surface area contributed by atoms with Crippen molar-refractivity contribution in [2.24, 2.45) is 0 Å². The number of carbonyl (C=O) groups excluding carboxylic acids is 1. The first kappa shape index (κ1) is 11.0. The van der Waals surface area contributed by atoms with Gasteiger partial charge in [-0.2, -0.15) is 0 Å².